The van der Waals surface area contributed by atoms with E-state index >= 15 is 0 Å². The van der Waals surface area contributed by atoms with E-state index in [0.29, 0.717) is 11.8 Å². The van der Waals surface area contributed by atoms with Gasteiger partial charge in [-0.15, -0.1) is 0 Å². The molecule has 0 spiro atoms. The lowest BCUT2D eigenvalue weighted by Gasteiger charge is -2.17. The molecule has 0 fully saturated rings. The van der Waals surface area contributed by atoms with Crippen LogP contribution in [0.4, 0.5) is 18.9 Å². The first-order valence-corrected chi connectivity index (χ1v) is 10.6. The lowest BCUT2D eigenvalue weighted by Crippen LogP contribution is -2.26. The van der Waals surface area contributed by atoms with Gasteiger partial charge in [0.15, 0.2) is 0 Å². The summed E-state index contributed by atoms with van der Waals surface area (Å²) in [5.74, 6) is -0.0421. The van der Waals surface area contributed by atoms with Gasteiger partial charge in [-0.2, -0.15) is 13.2 Å². The number of nitrogens with zero attached hydrogens (tertiary/aromatic N) is 1. The first-order valence-electron chi connectivity index (χ1n) is 8.75. The van der Waals surface area contributed by atoms with Crippen molar-refractivity contribution in [2.24, 2.45) is 0 Å². The van der Waals surface area contributed by atoms with Gasteiger partial charge in [0.05, 0.1) is 33.9 Å². The van der Waals surface area contributed by atoms with Crippen molar-refractivity contribution in [1.29, 1.82) is 0 Å². The third-order valence-electron chi connectivity index (χ3n) is 4.24. The van der Waals surface area contributed by atoms with Crippen LogP contribution in [0.1, 0.15) is 21.7 Å². The van der Waals surface area contributed by atoms with Crippen LogP contribution in [-0.2, 0) is 22.7 Å². The van der Waals surface area contributed by atoms with E-state index in [1.54, 1.807) is 12.1 Å². The number of anilines is 1. The monoisotopic (exact) mass is 472 g/mol. The van der Waals surface area contributed by atoms with Crippen molar-refractivity contribution in [3.63, 3.8) is 0 Å². The largest absolute Gasteiger partial charge is 0.467 e. The summed E-state index contributed by atoms with van der Waals surface area (Å²) in [5, 5.41) is 0.0225. The molecule has 3 aromatic rings. The fraction of sp³-hybridized carbons (Fsp3) is 0.150. The van der Waals surface area contributed by atoms with Crippen molar-refractivity contribution in [2.75, 3.05) is 11.8 Å². The summed E-state index contributed by atoms with van der Waals surface area (Å²) in [4.78, 5) is 13.7. The minimum Gasteiger partial charge on any atom is -0.467 e. The number of rotatable bonds is 6. The predicted octanol–water partition coefficient (Wildman–Crippen LogP) is 5.02. The minimum absolute atomic E-state index is 0.0225. The zero-order valence-corrected chi connectivity index (χ0v) is 17.6. The van der Waals surface area contributed by atoms with Crippen molar-refractivity contribution in [3.8, 4) is 0 Å². The van der Waals surface area contributed by atoms with Crippen LogP contribution in [0.2, 0.25) is 5.02 Å². The molecule has 31 heavy (non-hydrogen) atoms. The molecule has 0 unspecified atom stereocenters. The van der Waals surface area contributed by atoms with Gasteiger partial charge >= 0.3 is 6.18 Å². The van der Waals surface area contributed by atoms with Gasteiger partial charge in [-0.3, -0.25) is 9.52 Å². The first-order chi connectivity index (χ1) is 14.5. The lowest BCUT2D eigenvalue weighted by molar-refractivity contribution is -0.137. The molecule has 0 saturated heterocycles. The van der Waals surface area contributed by atoms with Gasteiger partial charge in [0.1, 0.15) is 5.76 Å². The van der Waals surface area contributed by atoms with E-state index in [-0.39, 0.29) is 27.7 Å². The van der Waals surface area contributed by atoms with E-state index in [1.807, 2.05) is 0 Å². The van der Waals surface area contributed by atoms with Crippen LogP contribution in [0, 0.1) is 0 Å². The number of alkyl halides is 3. The number of nitrogens with one attached hydrogen (secondary N) is 1. The number of carbonyl (C=O) groups excluding carboxylic acids is 1. The van der Waals surface area contributed by atoms with E-state index in [9.17, 15) is 26.4 Å². The predicted molar refractivity (Wildman–Crippen MR) is 108 cm³/mol. The Kier molecular flexibility index (Phi) is 6.33. The number of hydrogen-bond donors (Lipinski definition) is 1. The maximum absolute atomic E-state index is 12.9. The average Bonchev–Trinajstić information content (AvgIpc) is 3.20. The highest BCUT2D eigenvalue weighted by Crippen LogP contribution is 2.31. The van der Waals surface area contributed by atoms with Gasteiger partial charge in [0.2, 0.25) is 0 Å². The van der Waals surface area contributed by atoms with E-state index in [1.165, 1.54) is 30.3 Å². The molecule has 1 amide bonds. The van der Waals surface area contributed by atoms with Crippen molar-refractivity contribution < 1.29 is 30.8 Å². The number of hydrogen-bond acceptors (Lipinski definition) is 4. The van der Waals surface area contributed by atoms with Crippen LogP contribution in [0.5, 0.6) is 0 Å². The summed E-state index contributed by atoms with van der Waals surface area (Å²) in [5.41, 5.74) is -1.35. The summed E-state index contributed by atoms with van der Waals surface area (Å²) in [6, 6.07) is 10.6. The van der Waals surface area contributed by atoms with E-state index in [2.05, 4.69) is 4.72 Å². The Bertz CT molecular complexity index is 1200. The van der Waals surface area contributed by atoms with Crippen molar-refractivity contribution in [3.05, 3.63) is 82.8 Å². The molecule has 0 radical (unpaired) electrons. The third kappa shape index (κ3) is 5.39. The van der Waals surface area contributed by atoms with Crippen LogP contribution in [0.15, 0.2) is 70.2 Å². The standard InChI is InChI=1S/C20H16ClF3N2O4S/c1-26(12-15-6-3-9-30-15)19(27)17-11-16(7-8-18(17)21)31(28,29)25-14-5-2-4-13(10-14)20(22,23)24/h2-11,25H,12H2,1H3. The summed E-state index contributed by atoms with van der Waals surface area (Å²) in [6.45, 7) is 0.127. The first kappa shape index (κ1) is 22.7. The van der Waals surface area contributed by atoms with Crippen LogP contribution in [-0.4, -0.2) is 26.3 Å². The van der Waals surface area contributed by atoms with Gasteiger partial charge in [-0.25, -0.2) is 8.42 Å². The highest BCUT2D eigenvalue weighted by atomic mass is 35.5. The minimum atomic E-state index is -4.63. The molecule has 0 saturated carbocycles. The summed E-state index contributed by atoms with van der Waals surface area (Å²) in [7, 11) is -2.80. The second kappa shape index (κ2) is 8.64. The second-order valence-corrected chi connectivity index (χ2v) is 8.66. The van der Waals surface area contributed by atoms with E-state index < -0.39 is 27.7 Å². The molecular formula is C20H16ClF3N2O4S. The Hall–Kier alpha value is -2.98. The third-order valence-corrected chi connectivity index (χ3v) is 5.95. The molecule has 0 bridgehead atoms. The van der Waals surface area contributed by atoms with Gasteiger partial charge in [0.25, 0.3) is 15.9 Å². The smallest absolute Gasteiger partial charge is 0.416 e. The van der Waals surface area contributed by atoms with Gasteiger partial charge in [-0.1, -0.05) is 17.7 Å². The Morgan fingerprint density at radius 3 is 2.52 bits per heavy atom. The zero-order valence-electron chi connectivity index (χ0n) is 16.0. The van der Waals surface area contributed by atoms with Crippen molar-refractivity contribution in [1.82, 2.24) is 4.90 Å². The lowest BCUT2D eigenvalue weighted by atomic mass is 10.2. The number of carbonyl (C=O) groups is 1. The van der Waals surface area contributed by atoms with Crippen molar-refractivity contribution in [2.45, 2.75) is 17.6 Å². The van der Waals surface area contributed by atoms with Crippen molar-refractivity contribution >= 4 is 33.2 Å². The summed E-state index contributed by atoms with van der Waals surface area (Å²) < 4.78 is 71.3. The quantitative estimate of drug-likeness (QED) is 0.546. The molecule has 6 nitrogen and oxygen atoms in total. The van der Waals surface area contributed by atoms with Crippen LogP contribution >= 0.6 is 11.6 Å². The molecule has 0 aliphatic heterocycles. The number of furan rings is 1. The number of benzene rings is 2. The molecule has 11 heteroatoms. The number of halogens is 4. The molecule has 164 valence electrons. The average molecular weight is 473 g/mol. The fourth-order valence-corrected chi connectivity index (χ4v) is 4.00. The topological polar surface area (TPSA) is 79.6 Å². The molecular weight excluding hydrogens is 457 g/mol. The summed E-state index contributed by atoms with van der Waals surface area (Å²) in [6.07, 6.45) is -3.17. The molecule has 2 aromatic carbocycles. The van der Waals surface area contributed by atoms with Crippen LogP contribution in [0.3, 0.4) is 0 Å². The van der Waals surface area contributed by atoms with Gasteiger partial charge in [0, 0.05) is 12.7 Å². The highest BCUT2D eigenvalue weighted by Gasteiger charge is 2.31. The van der Waals surface area contributed by atoms with E-state index in [4.69, 9.17) is 16.0 Å². The maximum atomic E-state index is 12.9. The number of amides is 1. The van der Waals surface area contributed by atoms with Crippen LogP contribution < -0.4 is 4.72 Å². The Morgan fingerprint density at radius 1 is 1.13 bits per heavy atom. The molecule has 1 N–H and O–H groups in total. The Balaban J connectivity index is 1.87. The number of sulfonamides is 1. The maximum Gasteiger partial charge on any atom is 0.416 e. The second-order valence-electron chi connectivity index (χ2n) is 6.57. The van der Waals surface area contributed by atoms with Gasteiger partial charge in [-0.05, 0) is 48.5 Å². The molecule has 1 heterocycles. The SMILES string of the molecule is CN(Cc1ccco1)C(=O)c1cc(S(=O)(=O)Nc2cccc(C(F)(F)F)c2)ccc1Cl. The fourth-order valence-electron chi connectivity index (χ4n) is 2.72. The Morgan fingerprint density at radius 2 is 1.87 bits per heavy atom. The molecule has 3 rings (SSSR count). The summed E-state index contributed by atoms with van der Waals surface area (Å²) >= 11 is 6.09. The molecule has 0 atom stereocenters. The van der Waals surface area contributed by atoms with Gasteiger partial charge < -0.3 is 9.32 Å². The Labute approximate surface area is 181 Å². The van der Waals surface area contributed by atoms with Crippen LogP contribution in [0.25, 0.3) is 0 Å². The zero-order chi connectivity index (χ0) is 22.8. The molecule has 0 aliphatic carbocycles. The molecule has 0 aliphatic rings. The molecule has 1 aromatic heterocycles. The normalized spacial score (nSPS) is 11.9. The highest BCUT2D eigenvalue weighted by molar-refractivity contribution is 7.92. The van der Waals surface area contributed by atoms with E-state index in [0.717, 1.165) is 24.3 Å².